The minimum atomic E-state index is -0.565. The van der Waals surface area contributed by atoms with Crippen LogP contribution in [0.15, 0.2) is 0 Å². The van der Waals surface area contributed by atoms with Gasteiger partial charge in [-0.2, -0.15) is 0 Å². The molecule has 0 spiro atoms. The van der Waals surface area contributed by atoms with Gasteiger partial charge in [0.1, 0.15) is 6.54 Å². The number of nitrogens with zero attached hydrogens (tertiary/aromatic N) is 1. The number of thioether (sulfide) groups is 1. The van der Waals surface area contributed by atoms with Crippen molar-refractivity contribution in [1.29, 1.82) is 0 Å². The van der Waals surface area contributed by atoms with Crippen LogP contribution < -0.4 is 5.32 Å². The van der Waals surface area contributed by atoms with Crippen molar-refractivity contribution in [1.82, 2.24) is 10.2 Å². The molecule has 1 saturated heterocycles. The molecule has 1 aliphatic rings. The molecule has 0 radical (unpaired) electrons. The van der Waals surface area contributed by atoms with Crippen LogP contribution in [0.1, 0.15) is 6.42 Å². The predicted molar refractivity (Wildman–Crippen MR) is 64.5 cm³/mol. The fraction of sp³-hybridized carbons (Fsp3) is 0.800. The van der Waals surface area contributed by atoms with Crippen molar-refractivity contribution in [3.8, 4) is 0 Å². The quantitative estimate of drug-likeness (QED) is 0.617. The van der Waals surface area contributed by atoms with E-state index in [1.807, 2.05) is 0 Å². The van der Waals surface area contributed by atoms with Crippen molar-refractivity contribution < 1.29 is 19.4 Å². The Morgan fingerprint density at radius 1 is 1.71 bits per heavy atom. The maximum absolute atomic E-state index is 11.5. The van der Waals surface area contributed by atoms with Gasteiger partial charge in [-0.25, -0.2) is 0 Å². The minimum Gasteiger partial charge on any atom is -0.391 e. The predicted octanol–water partition coefficient (Wildman–Crippen LogP) is -0.967. The summed E-state index contributed by atoms with van der Waals surface area (Å²) in [5.74, 6) is 0.855. The number of carbonyl (C=O) groups is 2. The van der Waals surface area contributed by atoms with Crippen molar-refractivity contribution >= 4 is 23.6 Å². The molecule has 7 heteroatoms. The molecule has 98 valence electrons. The van der Waals surface area contributed by atoms with E-state index in [2.05, 4.69) is 5.32 Å². The lowest BCUT2D eigenvalue weighted by Crippen LogP contribution is -2.39. The van der Waals surface area contributed by atoms with E-state index in [0.717, 1.165) is 0 Å². The third-order valence-corrected chi connectivity index (χ3v) is 3.26. The van der Waals surface area contributed by atoms with Crippen LogP contribution in [-0.4, -0.2) is 66.4 Å². The van der Waals surface area contributed by atoms with Crippen molar-refractivity contribution in [3.63, 3.8) is 0 Å². The third-order valence-electron chi connectivity index (χ3n) is 2.32. The number of rotatable bonds is 7. The molecule has 0 aromatic carbocycles. The number of carbonyl (C=O) groups excluding carboxylic acids is 2. The summed E-state index contributed by atoms with van der Waals surface area (Å²) in [6.07, 6.45) is -0.119. The van der Waals surface area contributed by atoms with Crippen LogP contribution in [0, 0.1) is 0 Å². The number of aliphatic hydroxyl groups is 1. The Balaban J connectivity index is 2.11. The summed E-state index contributed by atoms with van der Waals surface area (Å²) >= 11 is 1.51. The molecule has 2 N–H and O–H groups in total. The molecule has 0 bridgehead atoms. The van der Waals surface area contributed by atoms with E-state index in [-0.39, 0.29) is 25.0 Å². The highest BCUT2D eigenvalue weighted by Crippen LogP contribution is 2.13. The summed E-state index contributed by atoms with van der Waals surface area (Å²) < 4.78 is 4.76. The highest BCUT2D eigenvalue weighted by atomic mass is 32.2. The molecular weight excluding hydrogens is 244 g/mol. The topological polar surface area (TPSA) is 78.9 Å². The maximum Gasteiger partial charge on any atom is 0.239 e. The Morgan fingerprint density at radius 3 is 3.06 bits per heavy atom. The van der Waals surface area contributed by atoms with Gasteiger partial charge in [0, 0.05) is 13.7 Å². The fourth-order valence-corrected chi connectivity index (χ4v) is 2.33. The Labute approximate surface area is 105 Å². The van der Waals surface area contributed by atoms with Gasteiger partial charge < -0.3 is 20.1 Å². The van der Waals surface area contributed by atoms with E-state index in [4.69, 9.17) is 4.74 Å². The number of aliphatic hydroxyl groups excluding tert-OH is 1. The molecule has 0 aliphatic carbocycles. The Morgan fingerprint density at radius 2 is 2.47 bits per heavy atom. The molecule has 0 aromatic heterocycles. The van der Waals surface area contributed by atoms with Gasteiger partial charge in [0.2, 0.25) is 11.8 Å². The lowest BCUT2D eigenvalue weighted by atomic mass is 10.2. The van der Waals surface area contributed by atoms with Crippen LogP contribution >= 0.6 is 11.8 Å². The molecule has 17 heavy (non-hydrogen) atoms. The number of nitrogens with one attached hydrogen (secondary N) is 1. The van der Waals surface area contributed by atoms with E-state index in [0.29, 0.717) is 24.6 Å². The minimum absolute atomic E-state index is 0.00423. The Hall–Kier alpha value is -0.790. The standard InChI is InChI=1S/C10H18N2O4S/c1-16-5-8(13)2-3-11-9(14)4-12-7-17-6-10(12)15/h8,13H,2-7H2,1H3,(H,11,14). The van der Waals surface area contributed by atoms with Gasteiger partial charge in [0.15, 0.2) is 0 Å². The fourth-order valence-electron chi connectivity index (χ4n) is 1.42. The van der Waals surface area contributed by atoms with Crippen LogP contribution in [0.25, 0.3) is 0 Å². The van der Waals surface area contributed by atoms with E-state index in [9.17, 15) is 14.7 Å². The van der Waals surface area contributed by atoms with Crippen LogP contribution in [0.4, 0.5) is 0 Å². The number of amides is 2. The molecule has 1 rings (SSSR count). The van der Waals surface area contributed by atoms with Crippen LogP contribution in [-0.2, 0) is 14.3 Å². The molecular formula is C10H18N2O4S. The highest BCUT2D eigenvalue weighted by Gasteiger charge is 2.22. The van der Waals surface area contributed by atoms with E-state index < -0.39 is 6.10 Å². The van der Waals surface area contributed by atoms with Gasteiger partial charge in [-0.1, -0.05) is 0 Å². The monoisotopic (exact) mass is 262 g/mol. The molecule has 1 atom stereocenters. The molecule has 1 aliphatic heterocycles. The lowest BCUT2D eigenvalue weighted by molar-refractivity contribution is -0.132. The van der Waals surface area contributed by atoms with Crippen LogP contribution in [0.3, 0.4) is 0 Å². The second-order valence-electron chi connectivity index (χ2n) is 3.82. The number of methoxy groups -OCH3 is 1. The van der Waals surface area contributed by atoms with E-state index in [1.54, 1.807) is 0 Å². The second kappa shape index (κ2) is 7.52. The Bertz CT molecular complexity index is 275. The van der Waals surface area contributed by atoms with Gasteiger partial charge in [-0.05, 0) is 6.42 Å². The second-order valence-corrected chi connectivity index (χ2v) is 4.77. The molecule has 1 unspecified atom stereocenters. The first-order chi connectivity index (χ1) is 8.13. The largest absolute Gasteiger partial charge is 0.391 e. The summed E-state index contributed by atoms with van der Waals surface area (Å²) in [7, 11) is 1.51. The zero-order valence-electron chi connectivity index (χ0n) is 9.85. The normalized spacial score (nSPS) is 17.3. The first-order valence-corrected chi connectivity index (χ1v) is 6.58. The molecule has 0 aromatic rings. The van der Waals surface area contributed by atoms with Crippen molar-refractivity contribution in [2.45, 2.75) is 12.5 Å². The smallest absolute Gasteiger partial charge is 0.239 e. The zero-order chi connectivity index (χ0) is 12.7. The summed E-state index contributed by atoms with van der Waals surface area (Å²) in [6, 6.07) is 0. The average molecular weight is 262 g/mol. The van der Waals surface area contributed by atoms with Crippen molar-refractivity contribution in [2.24, 2.45) is 0 Å². The number of ether oxygens (including phenoxy) is 1. The van der Waals surface area contributed by atoms with Gasteiger partial charge >= 0.3 is 0 Å². The molecule has 0 saturated carbocycles. The van der Waals surface area contributed by atoms with Gasteiger partial charge in [-0.3, -0.25) is 9.59 Å². The molecule has 2 amide bonds. The summed E-state index contributed by atoms with van der Waals surface area (Å²) in [5.41, 5.74) is 0. The van der Waals surface area contributed by atoms with Gasteiger partial charge in [-0.15, -0.1) is 11.8 Å². The Kier molecular flexibility index (Phi) is 6.31. The van der Waals surface area contributed by atoms with E-state index in [1.165, 1.54) is 23.8 Å². The summed E-state index contributed by atoms with van der Waals surface area (Å²) in [5, 5.41) is 12.0. The average Bonchev–Trinajstić information content (AvgIpc) is 2.65. The SMILES string of the molecule is COCC(O)CCNC(=O)CN1CSCC1=O. The van der Waals surface area contributed by atoms with Crippen LogP contribution in [0.5, 0.6) is 0 Å². The summed E-state index contributed by atoms with van der Waals surface area (Å²) in [4.78, 5) is 24.2. The summed E-state index contributed by atoms with van der Waals surface area (Å²) in [6.45, 7) is 0.752. The third kappa shape index (κ3) is 5.38. The molecule has 6 nitrogen and oxygen atoms in total. The first-order valence-electron chi connectivity index (χ1n) is 5.42. The molecule has 1 heterocycles. The van der Waals surface area contributed by atoms with Crippen molar-refractivity contribution in [2.75, 3.05) is 38.4 Å². The molecule has 1 fully saturated rings. The zero-order valence-corrected chi connectivity index (χ0v) is 10.7. The van der Waals surface area contributed by atoms with Gasteiger partial charge in [0.25, 0.3) is 0 Å². The number of hydrogen-bond acceptors (Lipinski definition) is 5. The lowest BCUT2D eigenvalue weighted by Gasteiger charge is -2.15. The van der Waals surface area contributed by atoms with Crippen molar-refractivity contribution in [3.05, 3.63) is 0 Å². The highest BCUT2D eigenvalue weighted by molar-refractivity contribution is 8.00. The first kappa shape index (κ1) is 14.3. The maximum atomic E-state index is 11.5. The van der Waals surface area contributed by atoms with Gasteiger partial charge in [0.05, 0.1) is 24.3 Å². The number of hydrogen-bond donors (Lipinski definition) is 2. The van der Waals surface area contributed by atoms with Crippen LogP contribution in [0.2, 0.25) is 0 Å². The van der Waals surface area contributed by atoms with E-state index >= 15 is 0 Å².